The normalized spacial score (nSPS) is 18.4. The molecule has 1 saturated carbocycles. The van der Waals surface area contributed by atoms with Crippen molar-refractivity contribution in [2.24, 2.45) is 0 Å². The number of hydrogen-bond donors (Lipinski definition) is 0. The smallest absolute Gasteiger partial charge is 0.313 e. The summed E-state index contributed by atoms with van der Waals surface area (Å²) >= 11 is 0. The summed E-state index contributed by atoms with van der Waals surface area (Å²) in [5.74, 6) is 0.0481. The molecule has 0 unspecified atom stereocenters. The lowest BCUT2D eigenvalue weighted by Crippen LogP contribution is -2.46. The Bertz CT molecular complexity index is 1060. The molecule has 0 atom stereocenters. The lowest BCUT2D eigenvalue weighted by Gasteiger charge is -2.33. The summed E-state index contributed by atoms with van der Waals surface area (Å²) in [5.41, 5.74) is -0.468. The van der Waals surface area contributed by atoms with Crippen LogP contribution in [0.1, 0.15) is 42.4 Å². The van der Waals surface area contributed by atoms with Crippen LogP contribution in [0.2, 0.25) is 0 Å². The van der Waals surface area contributed by atoms with Crippen molar-refractivity contribution < 1.29 is 18.0 Å². The second-order valence-corrected chi connectivity index (χ2v) is 7.81. The number of nitrogens with zero attached hydrogens (tertiary/aromatic N) is 3. The molecule has 30 heavy (non-hydrogen) atoms. The van der Waals surface area contributed by atoms with Crippen molar-refractivity contribution in [3.05, 3.63) is 71.6 Å². The first-order valence-corrected chi connectivity index (χ1v) is 9.71. The maximum atomic E-state index is 13.6. The van der Waals surface area contributed by atoms with Crippen LogP contribution in [0.3, 0.4) is 0 Å². The molecule has 2 fully saturated rings. The van der Waals surface area contributed by atoms with E-state index in [0.717, 1.165) is 36.2 Å². The van der Waals surface area contributed by atoms with Gasteiger partial charge in [0, 0.05) is 5.69 Å². The number of anilines is 2. The monoisotopic (exact) mass is 411 g/mol. The number of hydrogen-bond acceptors (Lipinski definition) is 3. The van der Waals surface area contributed by atoms with Gasteiger partial charge in [0.25, 0.3) is 5.91 Å². The highest BCUT2D eigenvalue weighted by atomic mass is 19.4. The van der Waals surface area contributed by atoms with Gasteiger partial charge in [0.15, 0.2) is 0 Å². The first-order valence-electron chi connectivity index (χ1n) is 9.71. The number of nitriles is 1. The summed E-state index contributed by atoms with van der Waals surface area (Å²) in [6.07, 6.45) is -1.77. The molecule has 4 rings (SSSR count). The quantitative estimate of drug-likeness (QED) is 0.654. The molecule has 1 spiro atoms. The van der Waals surface area contributed by atoms with E-state index in [2.05, 4.69) is 6.58 Å². The van der Waals surface area contributed by atoms with E-state index >= 15 is 0 Å². The van der Waals surface area contributed by atoms with Crippen molar-refractivity contribution >= 4 is 17.3 Å². The Kier molecular flexibility index (Phi) is 4.61. The van der Waals surface area contributed by atoms with Crippen LogP contribution in [-0.2, 0) is 11.0 Å². The molecule has 0 N–H and O–H groups in total. The minimum atomic E-state index is -4.70. The predicted octanol–water partition coefficient (Wildman–Crippen LogP) is 5.52. The molecular weight excluding hydrogens is 391 g/mol. The molecule has 2 aromatic carbocycles. The van der Waals surface area contributed by atoms with Gasteiger partial charge >= 0.3 is 6.18 Å². The summed E-state index contributed by atoms with van der Waals surface area (Å²) in [6, 6.07) is 12.6. The SMILES string of the molecule is C=C1N(c2ccc(C#N)c(C(F)(F)F)c2)C(=O)C2(CCCC2)N1c1ccc(C)cc1. The summed E-state index contributed by atoms with van der Waals surface area (Å²) in [5, 5.41) is 9.07. The zero-order chi connectivity index (χ0) is 21.7. The van der Waals surface area contributed by atoms with Gasteiger partial charge in [-0.05, 0) is 50.1 Å². The molecule has 0 radical (unpaired) electrons. The maximum Gasteiger partial charge on any atom is 0.417 e. The van der Waals surface area contributed by atoms with E-state index in [0.29, 0.717) is 18.7 Å². The number of aryl methyl sites for hydroxylation is 1. The van der Waals surface area contributed by atoms with Crippen molar-refractivity contribution in [1.82, 2.24) is 0 Å². The Balaban J connectivity index is 1.84. The standard InChI is InChI=1S/C23H20F3N3O/c1-15-5-8-18(9-6-15)29-16(2)28(21(30)22(29)11-3-4-12-22)19-10-7-17(14-27)20(13-19)23(24,25)26/h5-10,13H,2-4,11-12H2,1H3. The molecule has 0 bridgehead atoms. The zero-order valence-corrected chi connectivity index (χ0v) is 16.5. The summed E-state index contributed by atoms with van der Waals surface area (Å²) in [4.78, 5) is 16.7. The number of carbonyl (C=O) groups excluding carboxylic acids is 1. The Hall–Kier alpha value is -3.27. The first-order chi connectivity index (χ1) is 14.2. The molecule has 1 aliphatic heterocycles. The van der Waals surface area contributed by atoms with Gasteiger partial charge < -0.3 is 4.90 Å². The predicted molar refractivity (Wildman–Crippen MR) is 108 cm³/mol. The lowest BCUT2D eigenvalue weighted by molar-refractivity contribution is -0.137. The molecule has 1 saturated heterocycles. The van der Waals surface area contributed by atoms with Crippen LogP contribution in [-0.4, -0.2) is 11.4 Å². The second kappa shape index (κ2) is 6.91. The van der Waals surface area contributed by atoms with E-state index < -0.39 is 22.8 Å². The van der Waals surface area contributed by atoms with Gasteiger partial charge in [-0.3, -0.25) is 9.69 Å². The highest BCUT2D eigenvalue weighted by Gasteiger charge is 2.56. The van der Waals surface area contributed by atoms with Gasteiger partial charge in [-0.1, -0.05) is 37.1 Å². The maximum absolute atomic E-state index is 13.6. The van der Waals surface area contributed by atoms with E-state index in [9.17, 15) is 18.0 Å². The van der Waals surface area contributed by atoms with Gasteiger partial charge in [-0.15, -0.1) is 0 Å². The summed E-state index contributed by atoms with van der Waals surface area (Å²) < 4.78 is 40.4. The minimum Gasteiger partial charge on any atom is -0.313 e. The van der Waals surface area contributed by atoms with Gasteiger partial charge in [-0.2, -0.15) is 18.4 Å². The van der Waals surface area contributed by atoms with E-state index in [-0.39, 0.29) is 11.6 Å². The third-order valence-corrected chi connectivity index (χ3v) is 5.96. The number of amides is 1. The van der Waals surface area contributed by atoms with Crippen LogP contribution >= 0.6 is 0 Å². The first kappa shape index (κ1) is 20.0. The molecule has 1 heterocycles. The van der Waals surface area contributed by atoms with E-state index in [1.54, 1.807) is 6.07 Å². The zero-order valence-electron chi connectivity index (χ0n) is 16.5. The molecule has 7 heteroatoms. The van der Waals surface area contributed by atoms with Crippen molar-refractivity contribution in [1.29, 1.82) is 5.26 Å². The molecule has 1 amide bonds. The molecule has 2 aromatic rings. The van der Waals surface area contributed by atoms with Crippen molar-refractivity contribution in [3.63, 3.8) is 0 Å². The highest BCUT2D eigenvalue weighted by Crippen LogP contribution is 2.49. The Morgan fingerprint density at radius 1 is 1.07 bits per heavy atom. The third kappa shape index (κ3) is 2.95. The van der Waals surface area contributed by atoms with E-state index in [1.807, 2.05) is 36.1 Å². The third-order valence-electron chi connectivity index (χ3n) is 5.96. The Labute approximate surface area is 172 Å². The van der Waals surface area contributed by atoms with Crippen LogP contribution in [0, 0.1) is 18.3 Å². The fraction of sp³-hybridized carbons (Fsp3) is 0.304. The molecule has 154 valence electrons. The largest absolute Gasteiger partial charge is 0.417 e. The number of rotatable bonds is 2. The van der Waals surface area contributed by atoms with Crippen LogP contribution in [0.4, 0.5) is 24.5 Å². The molecule has 1 aliphatic carbocycles. The average Bonchev–Trinajstić information content (AvgIpc) is 3.26. The average molecular weight is 411 g/mol. The van der Waals surface area contributed by atoms with Crippen molar-refractivity contribution in [2.75, 3.05) is 9.80 Å². The lowest BCUT2D eigenvalue weighted by atomic mass is 9.94. The van der Waals surface area contributed by atoms with Crippen LogP contribution in [0.15, 0.2) is 54.9 Å². The Morgan fingerprint density at radius 3 is 2.23 bits per heavy atom. The molecular formula is C23H20F3N3O. The van der Waals surface area contributed by atoms with Crippen molar-refractivity contribution in [2.45, 2.75) is 44.3 Å². The molecule has 2 aliphatic rings. The fourth-order valence-electron chi connectivity index (χ4n) is 4.52. The molecule has 0 aromatic heterocycles. The minimum absolute atomic E-state index is 0.0669. The number of carbonyl (C=O) groups is 1. The van der Waals surface area contributed by atoms with Gasteiger partial charge in [-0.25, -0.2) is 0 Å². The van der Waals surface area contributed by atoms with Crippen LogP contribution < -0.4 is 9.80 Å². The summed E-state index contributed by atoms with van der Waals surface area (Å²) in [7, 11) is 0. The Morgan fingerprint density at radius 2 is 1.67 bits per heavy atom. The van der Waals surface area contributed by atoms with Crippen LogP contribution in [0.5, 0.6) is 0 Å². The van der Waals surface area contributed by atoms with Crippen molar-refractivity contribution in [3.8, 4) is 6.07 Å². The highest BCUT2D eigenvalue weighted by molar-refractivity contribution is 6.10. The van der Waals surface area contributed by atoms with E-state index in [4.69, 9.17) is 5.26 Å². The molecule has 4 nitrogen and oxygen atoms in total. The number of benzene rings is 2. The number of halogens is 3. The summed E-state index contributed by atoms with van der Waals surface area (Å²) in [6.45, 7) is 6.04. The number of alkyl halides is 3. The second-order valence-electron chi connectivity index (χ2n) is 7.81. The topological polar surface area (TPSA) is 47.3 Å². The van der Waals surface area contributed by atoms with Crippen LogP contribution in [0.25, 0.3) is 0 Å². The van der Waals surface area contributed by atoms with Gasteiger partial charge in [0.05, 0.1) is 22.9 Å². The fourth-order valence-corrected chi connectivity index (χ4v) is 4.52. The van der Waals surface area contributed by atoms with Gasteiger partial charge in [0.1, 0.15) is 11.4 Å². The van der Waals surface area contributed by atoms with E-state index in [1.165, 1.54) is 11.0 Å². The van der Waals surface area contributed by atoms with Gasteiger partial charge in [0.2, 0.25) is 0 Å².